The summed E-state index contributed by atoms with van der Waals surface area (Å²) in [5, 5.41) is 0. The predicted molar refractivity (Wildman–Crippen MR) is 110 cm³/mol. The Bertz CT molecular complexity index is 721. The van der Waals surface area contributed by atoms with Gasteiger partial charge in [0.1, 0.15) is 13.2 Å². The van der Waals surface area contributed by atoms with Gasteiger partial charge in [-0.15, -0.1) is 0 Å². The van der Waals surface area contributed by atoms with E-state index in [0.717, 1.165) is 11.1 Å². The summed E-state index contributed by atoms with van der Waals surface area (Å²) in [4.78, 5) is 0. The molecule has 0 aliphatic rings. The van der Waals surface area contributed by atoms with E-state index in [2.05, 4.69) is 0 Å². The second kappa shape index (κ2) is 11.8. The van der Waals surface area contributed by atoms with Gasteiger partial charge in [0.05, 0.1) is 26.4 Å². The van der Waals surface area contributed by atoms with Crippen LogP contribution in [0.2, 0.25) is 0 Å². The van der Waals surface area contributed by atoms with Gasteiger partial charge < -0.3 is 18.9 Å². The molecule has 146 valence electrons. The van der Waals surface area contributed by atoms with E-state index in [9.17, 15) is 0 Å². The molecule has 0 aromatic heterocycles. The Balaban J connectivity index is 1.33. The predicted octanol–water partition coefficient (Wildman–Crippen LogP) is 4.88. The lowest BCUT2D eigenvalue weighted by molar-refractivity contribution is 0.0806. The van der Waals surface area contributed by atoms with Gasteiger partial charge in [-0.2, -0.15) is 0 Å². The van der Waals surface area contributed by atoms with E-state index in [1.807, 2.05) is 84.9 Å². The quantitative estimate of drug-likeness (QED) is 0.421. The third kappa shape index (κ3) is 7.06. The second-order valence-corrected chi connectivity index (χ2v) is 6.22. The van der Waals surface area contributed by atoms with Crippen LogP contribution in [0, 0.1) is 0 Å². The van der Waals surface area contributed by atoms with Crippen LogP contribution in [-0.4, -0.2) is 26.4 Å². The SMILES string of the molecule is c1ccc(COCCOc2ccccc2OCCOCc2ccccc2)cc1. The first-order valence-electron chi connectivity index (χ1n) is 9.50. The molecule has 0 saturated carbocycles. The molecule has 0 bridgehead atoms. The molecule has 4 nitrogen and oxygen atoms in total. The standard InChI is InChI=1S/C24H26O4/c1-3-9-21(10-4-1)19-25-15-17-27-23-13-7-8-14-24(23)28-18-16-26-20-22-11-5-2-6-12-22/h1-14H,15-20H2. The van der Waals surface area contributed by atoms with Crippen LogP contribution in [0.3, 0.4) is 0 Å². The Morgan fingerprint density at radius 1 is 0.429 bits per heavy atom. The summed E-state index contributed by atoms with van der Waals surface area (Å²) in [6.45, 7) is 3.14. The van der Waals surface area contributed by atoms with E-state index >= 15 is 0 Å². The molecule has 0 saturated heterocycles. The zero-order chi connectivity index (χ0) is 19.3. The monoisotopic (exact) mass is 378 g/mol. The molecular formula is C24H26O4. The molecule has 0 aliphatic heterocycles. The van der Waals surface area contributed by atoms with Gasteiger partial charge in [-0.1, -0.05) is 72.8 Å². The molecule has 0 radical (unpaired) electrons. The summed E-state index contributed by atoms with van der Waals surface area (Å²) < 4.78 is 22.9. The number of rotatable bonds is 12. The smallest absolute Gasteiger partial charge is 0.161 e. The Hall–Kier alpha value is -2.82. The fraction of sp³-hybridized carbons (Fsp3) is 0.250. The molecule has 0 unspecified atom stereocenters. The Kier molecular flexibility index (Phi) is 8.40. The van der Waals surface area contributed by atoms with Crippen molar-refractivity contribution >= 4 is 0 Å². The molecule has 0 atom stereocenters. The second-order valence-electron chi connectivity index (χ2n) is 6.22. The van der Waals surface area contributed by atoms with Crippen molar-refractivity contribution in [2.45, 2.75) is 13.2 Å². The highest BCUT2D eigenvalue weighted by Crippen LogP contribution is 2.26. The van der Waals surface area contributed by atoms with Crippen LogP contribution in [-0.2, 0) is 22.7 Å². The van der Waals surface area contributed by atoms with Crippen molar-refractivity contribution < 1.29 is 18.9 Å². The van der Waals surface area contributed by atoms with E-state index in [-0.39, 0.29) is 0 Å². The minimum absolute atomic E-state index is 0.470. The molecule has 0 amide bonds. The van der Waals surface area contributed by atoms with Crippen LogP contribution in [0.25, 0.3) is 0 Å². The molecule has 3 aromatic rings. The van der Waals surface area contributed by atoms with Gasteiger partial charge in [-0.05, 0) is 23.3 Å². The summed E-state index contributed by atoms with van der Waals surface area (Å²) in [5.74, 6) is 1.43. The Morgan fingerprint density at radius 3 is 1.25 bits per heavy atom. The minimum Gasteiger partial charge on any atom is -0.487 e. The number of para-hydroxylation sites is 2. The highest BCUT2D eigenvalue weighted by molar-refractivity contribution is 5.39. The van der Waals surface area contributed by atoms with Crippen molar-refractivity contribution in [3.8, 4) is 11.5 Å². The average molecular weight is 378 g/mol. The Morgan fingerprint density at radius 2 is 0.821 bits per heavy atom. The zero-order valence-electron chi connectivity index (χ0n) is 16.0. The number of hydrogen-bond acceptors (Lipinski definition) is 4. The number of hydrogen-bond donors (Lipinski definition) is 0. The van der Waals surface area contributed by atoms with Gasteiger partial charge in [0.2, 0.25) is 0 Å². The van der Waals surface area contributed by atoms with Crippen molar-refractivity contribution in [3.05, 3.63) is 96.1 Å². The lowest BCUT2D eigenvalue weighted by Gasteiger charge is -2.13. The lowest BCUT2D eigenvalue weighted by atomic mass is 10.2. The van der Waals surface area contributed by atoms with Crippen LogP contribution in [0.5, 0.6) is 11.5 Å². The van der Waals surface area contributed by atoms with E-state index in [4.69, 9.17) is 18.9 Å². The van der Waals surface area contributed by atoms with E-state index < -0.39 is 0 Å². The number of ether oxygens (including phenoxy) is 4. The van der Waals surface area contributed by atoms with Gasteiger partial charge in [0.15, 0.2) is 11.5 Å². The maximum absolute atomic E-state index is 5.81. The van der Waals surface area contributed by atoms with Gasteiger partial charge >= 0.3 is 0 Å². The van der Waals surface area contributed by atoms with Crippen molar-refractivity contribution in [2.75, 3.05) is 26.4 Å². The summed E-state index contributed by atoms with van der Waals surface area (Å²) in [6, 6.07) is 27.9. The van der Waals surface area contributed by atoms with Crippen molar-refractivity contribution in [1.29, 1.82) is 0 Å². The Labute approximate surface area is 166 Å². The summed E-state index contributed by atoms with van der Waals surface area (Å²) in [6.07, 6.45) is 0. The highest BCUT2D eigenvalue weighted by atomic mass is 16.6. The first-order valence-corrected chi connectivity index (χ1v) is 9.50. The summed E-state index contributed by atoms with van der Waals surface area (Å²) in [5.41, 5.74) is 2.31. The molecule has 3 aromatic carbocycles. The van der Waals surface area contributed by atoms with Crippen LogP contribution >= 0.6 is 0 Å². The molecule has 0 aliphatic carbocycles. The molecular weight excluding hydrogens is 352 g/mol. The fourth-order valence-electron chi connectivity index (χ4n) is 2.64. The molecule has 28 heavy (non-hydrogen) atoms. The van der Waals surface area contributed by atoms with Gasteiger partial charge in [-0.25, -0.2) is 0 Å². The minimum atomic E-state index is 0.470. The largest absolute Gasteiger partial charge is 0.487 e. The first kappa shape index (κ1) is 19.9. The van der Waals surface area contributed by atoms with Gasteiger partial charge in [-0.3, -0.25) is 0 Å². The van der Waals surface area contributed by atoms with Crippen LogP contribution in [0.4, 0.5) is 0 Å². The molecule has 0 spiro atoms. The molecule has 0 heterocycles. The maximum atomic E-state index is 5.81. The van der Waals surface area contributed by atoms with Crippen molar-refractivity contribution in [3.63, 3.8) is 0 Å². The first-order chi connectivity index (χ1) is 13.9. The summed E-state index contributed by atoms with van der Waals surface area (Å²) >= 11 is 0. The molecule has 0 fully saturated rings. The van der Waals surface area contributed by atoms with E-state index in [0.29, 0.717) is 51.1 Å². The van der Waals surface area contributed by atoms with E-state index in [1.165, 1.54) is 0 Å². The fourth-order valence-corrected chi connectivity index (χ4v) is 2.64. The molecule has 3 rings (SSSR count). The lowest BCUT2D eigenvalue weighted by Crippen LogP contribution is -2.10. The van der Waals surface area contributed by atoms with Crippen LogP contribution in [0.15, 0.2) is 84.9 Å². The van der Waals surface area contributed by atoms with Crippen LogP contribution in [0.1, 0.15) is 11.1 Å². The average Bonchev–Trinajstić information content (AvgIpc) is 2.76. The van der Waals surface area contributed by atoms with Crippen LogP contribution < -0.4 is 9.47 Å². The molecule has 4 heteroatoms. The van der Waals surface area contributed by atoms with Crippen molar-refractivity contribution in [1.82, 2.24) is 0 Å². The topological polar surface area (TPSA) is 36.9 Å². The third-order valence-corrected chi connectivity index (χ3v) is 4.04. The highest BCUT2D eigenvalue weighted by Gasteiger charge is 2.04. The zero-order valence-corrected chi connectivity index (χ0v) is 16.0. The van der Waals surface area contributed by atoms with Gasteiger partial charge in [0.25, 0.3) is 0 Å². The van der Waals surface area contributed by atoms with Gasteiger partial charge in [0, 0.05) is 0 Å². The van der Waals surface area contributed by atoms with Crippen molar-refractivity contribution in [2.24, 2.45) is 0 Å². The van der Waals surface area contributed by atoms with E-state index in [1.54, 1.807) is 0 Å². The summed E-state index contributed by atoms with van der Waals surface area (Å²) in [7, 11) is 0. The number of benzene rings is 3. The molecule has 0 N–H and O–H groups in total. The third-order valence-electron chi connectivity index (χ3n) is 4.04. The maximum Gasteiger partial charge on any atom is 0.161 e. The normalized spacial score (nSPS) is 10.6.